The molecule has 122 valence electrons. The molecule has 5 heteroatoms. The van der Waals surface area contributed by atoms with Crippen LogP contribution in [-0.2, 0) is 0 Å². The fraction of sp³-hybridized carbons (Fsp3) is 0.389. The standard InChI is InChI=1S/C18H21ClN2O2/c1-11-9-16(12(2)21(11)15-7-8-15)18(23)20-10-17(22)13-3-5-14(19)6-4-13/h3-6,9,15,17,22H,7-8,10H2,1-2H3,(H,20,23). The van der Waals surface area contributed by atoms with Crippen LogP contribution < -0.4 is 5.32 Å². The number of benzene rings is 1. The molecule has 0 saturated heterocycles. The third-order valence-electron chi connectivity index (χ3n) is 4.35. The molecule has 23 heavy (non-hydrogen) atoms. The molecule has 1 heterocycles. The number of amides is 1. The van der Waals surface area contributed by atoms with Gasteiger partial charge in [-0.25, -0.2) is 0 Å². The van der Waals surface area contributed by atoms with Crippen molar-refractivity contribution >= 4 is 17.5 Å². The maximum atomic E-state index is 12.4. The summed E-state index contributed by atoms with van der Waals surface area (Å²) in [5.41, 5.74) is 3.55. The van der Waals surface area contributed by atoms with Crippen molar-refractivity contribution < 1.29 is 9.90 Å². The third-order valence-corrected chi connectivity index (χ3v) is 4.60. The van der Waals surface area contributed by atoms with Gasteiger partial charge < -0.3 is 15.0 Å². The maximum absolute atomic E-state index is 12.4. The predicted molar refractivity (Wildman–Crippen MR) is 90.9 cm³/mol. The first-order valence-corrected chi connectivity index (χ1v) is 8.25. The molecule has 1 aliphatic rings. The number of rotatable bonds is 5. The highest BCUT2D eigenvalue weighted by Gasteiger charge is 2.28. The topological polar surface area (TPSA) is 54.3 Å². The molecule has 1 aromatic heterocycles. The largest absolute Gasteiger partial charge is 0.387 e. The molecule has 3 rings (SSSR count). The van der Waals surface area contributed by atoms with Gasteiger partial charge in [-0.15, -0.1) is 0 Å². The second kappa shape index (κ2) is 6.38. The lowest BCUT2D eigenvalue weighted by molar-refractivity contribution is 0.0915. The average molecular weight is 333 g/mol. The number of nitrogens with zero attached hydrogens (tertiary/aromatic N) is 1. The van der Waals surface area contributed by atoms with Crippen LogP contribution in [0.5, 0.6) is 0 Å². The Morgan fingerprint density at radius 3 is 2.61 bits per heavy atom. The molecular weight excluding hydrogens is 312 g/mol. The molecule has 1 unspecified atom stereocenters. The summed E-state index contributed by atoms with van der Waals surface area (Å²) in [6.45, 7) is 4.19. The lowest BCUT2D eigenvalue weighted by atomic mass is 10.1. The molecule has 0 aliphatic heterocycles. The van der Waals surface area contributed by atoms with E-state index in [1.54, 1.807) is 24.3 Å². The Hall–Kier alpha value is -1.78. The van der Waals surface area contributed by atoms with Gasteiger partial charge in [0.05, 0.1) is 11.7 Å². The van der Waals surface area contributed by atoms with Crippen LogP contribution in [0.2, 0.25) is 5.02 Å². The summed E-state index contributed by atoms with van der Waals surface area (Å²) in [4.78, 5) is 12.4. The molecule has 0 bridgehead atoms. The normalized spacial score (nSPS) is 15.5. The summed E-state index contributed by atoms with van der Waals surface area (Å²) in [7, 11) is 0. The number of halogens is 1. The molecule has 0 spiro atoms. The van der Waals surface area contributed by atoms with Crippen LogP contribution >= 0.6 is 11.6 Å². The van der Waals surface area contributed by atoms with Crippen molar-refractivity contribution in [1.82, 2.24) is 9.88 Å². The summed E-state index contributed by atoms with van der Waals surface area (Å²) in [5.74, 6) is -0.141. The summed E-state index contributed by atoms with van der Waals surface area (Å²) in [6, 6.07) is 9.46. The summed E-state index contributed by atoms with van der Waals surface area (Å²) >= 11 is 5.84. The smallest absolute Gasteiger partial charge is 0.253 e. The second-order valence-electron chi connectivity index (χ2n) is 6.16. The molecular formula is C18H21ClN2O2. The zero-order valence-electron chi connectivity index (χ0n) is 13.3. The second-order valence-corrected chi connectivity index (χ2v) is 6.60. The first-order valence-electron chi connectivity index (χ1n) is 7.87. The zero-order chi connectivity index (χ0) is 16.6. The van der Waals surface area contributed by atoms with Crippen LogP contribution in [0.1, 0.15) is 52.3 Å². The highest BCUT2D eigenvalue weighted by Crippen LogP contribution is 2.38. The number of carbonyl (C=O) groups excluding carboxylic acids is 1. The van der Waals surface area contributed by atoms with E-state index in [9.17, 15) is 9.90 Å². The van der Waals surface area contributed by atoms with Crippen molar-refractivity contribution in [2.45, 2.75) is 38.8 Å². The van der Waals surface area contributed by atoms with Crippen LogP contribution in [-0.4, -0.2) is 22.1 Å². The molecule has 4 nitrogen and oxygen atoms in total. The number of aliphatic hydroxyl groups is 1. The SMILES string of the molecule is Cc1cc(C(=O)NCC(O)c2ccc(Cl)cc2)c(C)n1C1CC1. The van der Waals surface area contributed by atoms with E-state index < -0.39 is 6.10 Å². The Labute approximate surface area is 141 Å². The summed E-state index contributed by atoms with van der Waals surface area (Å²) in [5, 5.41) is 13.6. The van der Waals surface area contributed by atoms with Crippen molar-refractivity contribution in [3.8, 4) is 0 Å². The van der Waals surface area contributed by atoms with Crippen LogP contribution in [0.4, 0.5) is 0 Å². The van der Waals surface area contributed by atoms with Gasteiger partial charge in [-0.1, -0.05) is 23.7 Å². The Kier molecular flexibility index (Phi) is 4.46. The van der Waals surface area contributed by atoms with Crippen molar-refractivity contribution in [2.75, 3.05) is 6.54 Å². The van der Waals surface area contributed by atoms with Crippen LogP contribution in [0, 0.1) is 13.8 Å². The Balaban J connectivity index is 1.65. The first-order chi connectivity index (χ1) is 11.0. The fourth-order valence-electron chi connectivity index (χ4n) is 2.99. The molecule has 1 fully saturated rings. The molecule has 2 aromatic rings. The van der Waals surface area contributed by atoms with Crippen LogP contribution in [0.15, 0.2) is 30.3 Å². The van der Waals surface area contributed by atoms with Crippen LogP contribution in [0.25, 0.3) is 0 Å². The summed E-state index contributed by atoms with van der Waals surface area (Å²) in [6.07, 6.45) is 1.63. The fourth-order valence-corrected chi connectivity index (χ4v) is 3.11. The molecule has 1 atom stereocenters. The molecule has 0 radical (unpaired) electrons. The number of aryl methyl sites for hydroxylation is 1. The van der Waals surface area contributed by atoms with Crippen molar-refractivity contribution in [1.29, 1.82) is 0 Å². The van der Waals surface area contributed by atoms with E-state index in [2.05, 4.69) is 9.88 Å². The highest BCUT2D eigenvalue weighted by atomic mass is 35.5. The van der Waals surface area contributed by atoms with Gasteiger partial charge in [-0.3, -0.25) is 4.79 Å². The highest BCUT2D eigenvalue weighted by molar-refractivity contribution is 6.30. The van der Waals surface area contributed by atoms with Crippen LogP contribution in [0.3, 0.4) is 0 Å². The molecule has 1 aliphatic carbocycles. The van der Waals surface area contributed by atoms with Gasteiger partial charge in [0.15, 0.2) is 0 Å². The number of aromatic nitrogens is 1. The van der Waals surface area contributed by atoms with Crippen molar-refractivity contribution in [2.24, 2.45) is 0 Å². The van der Waals surface area contributed by atoms with Gasteiger partial charge in [-0.2, -0.15) is 0 Å². The number of hydrogen-bond donors (Lipinski definition) is 2. The Bertz CT molecular complexity index is 717. The molecule has 1 saturated carbocycles. The van der Waals surface area contributed by atoms with Crippen molar-refractivity contribution in [3.63, 3.8) is 0 Å². The number of aliphatic hydroxyl groups excluding tert-OH is 1. The van der Waals surface area contributed by atoms with E-state index in [0.29, 0.717) is 16.6 Å². The predicted octanol–water partition coefficient (Wildman–Crippen LogP) is 3.56. The lowest BCUT2D eigenvalue weighted by Gasteiger charge is -2.13. The third kappa shape index (κ3) is 3.43. The molecule has 1 aromatic carbocycles. The van der Waals surface area contributed by atoms with Gasteiger partial charge in [0, 0.05) is 29.0 Å². The minimum Gasteiger partial charge on any atom is -0.387 e. The monoisotopic (exact) mass is 332 g/mol. The van der Waals surface area contributed by atoms with E-state index in [-0.39, 0.29) is 12.5 Å². The van der Waals surface area contributed by atoms with E-state index in [4.69, 9.17) is 11.6 Å². The van der Waals surface area contributed by atoms with Gasteiger partial charge in [0.1, 0.15) is 0 Å². The maximum Gasteiger partial charge on any atom is 0.253 e. The minimum absolute atomic E-state index is 0.141. The summed E-state index contributed by atoms with van der Waals surface area (Å²) < 4.78 is 2.24. The number of hydrogen-bond acceptors (Lipinski definition) is 2. The molecule has 1 amide bonds. The van der Waals surface area contributed by atoms with Crippen molar-refractivity contribution in [3.05, 3.63) is 57.9 Å². The Morgan fingerprint density at radius 1 is 1.35 bits per heavy atom. The van der Waals surface area contributed by atoms with Gasteiger partial charge in [-0.05, 0) is 50.5 Å². The van der Waals surface area contributed by atoms with Gasteiger partial charge in [0.25, 0.3) is 5.91 Å². The lowest BCUT2D eigenvalue weighted by Crippen LogP contribution is -2.28. The quantitative estimate of drug-likeness (QED) is 0.879. The van der Waals surface area contributed by atoms with E-state index in [1.807, 2.05) is 19.9 Å². The minimum atomic E-state index is -0.747. The van der Waals surface area contributed by atoms with Gasteiger partial charge in [0.2, 0.25) is 0 Å². The average Bonchev–Trinajstić information content (AvgIpc) is 3.31. The zero-order valence-corrected chi connectivity index (χ0v) is 14.1. The first kappa shape index (κ1) is 16.1. The van der Waals surface area contributed by atoms with E-state index in [1.165, 1.54) is 12.8 Å². The Morgan fingerprint density at radius 2 is 2.00 bits per heavy atom. The van der Waals surface area contributed by atoms with E-state index in [0.717, 1.165) is 17.0 Å². The number of carbonyl (C=O) groups is 1. The van der Waals surface area contributed by atoms with Gasteiger partial charge >= 0.3 is 0 Å². The number of nitrogens with one attached hydrogen (secondary N) is 1. The van der Waals surface area contributed by atoms with E-state index >= 15 is 0 Å². The molecule has 2 N–H and O–H groups in total.